The summed E-state index contributed by atoms with van der Waals surface area (Å²) in [5, 5.41) is 0. The summed E-state index contributed by atoms with van der Waals surface area (Å²) in [4.78, 5) is 11.4. The van der Waals surface area contributed by atoms with Crippen LogP contribution in [0.5, 0.6) is 0 Å². The van der Waals surface area contributed by atoms with Gasteiger partial charge in [-0.1, -0.05) is 6.07 Å². The van der Waals surface area contributed by atoms with Crippen molar-refractivity contribution in [3.8, 4) is 0 Å². The molecule has 0 unspecified atom stereocenters. The Hall–Kier alpha value is -1.72. The molecule has 0 saturated carbocycles. The number of benzene rings is 1. The summed E-state index contributed by atoms with van der Waals surface area (Å²) >= 11 is 0. The van der Waals surface area contributed by atoms with Crippen molar-refractivity contribution in [3.05, 3.63) is 41.2 Å². The maximum absolute atomic E-state index is 13.4. The predicted octanol–water partition coefficient (Wildman–Crippen LogP) is 2.88. The Morgan fingerprint density at radius 3 is 3.00 bits per heavy atom. The van der Waals surface area contributed by atoms with Gasteiger partial charge in [-0.05, 0) is 43.2 Å². The van der Waals surface area contributed by atoms with E-state index in [2.05, 4.69) is 0 Å². The van der Waals surface area contributed by atoms with E-state index in [-0.39, 0.29) is 18.0 Å². The Morgan fingerprint density at radius 1 is 1.57 bits per heavy atom. The highest BCUT2D eigenvalue weighted by Gasteiger charge is 2.24. The molecule has 114 valence electrons. The van der Waals surface area contributed by atoms with Crippen molar-refractivity contribution in [3.63, 3.8) is 0 Å². The number of esters is 1. The summed E-state index contributed by atoms with van der Waals surface area (Å²) in [7, 11) is 0. The lowest BCUT2D eigenvalue weighted by Crippen LogP contribution is -2.07. The van der Waals surface area contributed by atoms with Crippen molar-refractivity contribution in [2.45, 2.75) is 26.1 Å². The van der Waals surface area contributed by atoms with Gasteiger partial charge in [-0.2, -0.15) is 0 Å². The first-order valence-corrected chi connectivity index (χ1v) is 6.97. The van der Waals surface area contributed by atoms with Crippen LogP contribution in [0.1, 0.15) is 31.1 Å². The van der Waals surface area contributed by atoms with Gasteiger partial charge < -0.3 is 14.2 Å². The quantitative estimate of drug-likeness (QED) is 0.441. The molecule has 1 fully saturated rings. The maximum Gasteiger partial charge on any atom is 0.330 e. The summed E-state index contributed by atoms with van der Waals surface area (Å²) in [6.07, 6.45) is 2.80. The second-order valence-corrected chi connectivity index (χ2v) is 4.79. The Morgan fingerprint density at radius 2 is 2.33 bits per heavy atom. The van der Waals surface area contributed by atoms with Gasteiger partial charge in [0.15, 0.2) is 0 Å². The number of rotatable bonds is 7. The van der Waals surface area contributed by atoms with Gasteiger partial charge in [-0.25, -0.2) is 9.18 Å². The first-order valence-electron chi connectivity index (χ1n) is 6.97. The van der Waals surface area contributed by atoms with Gasteiger partial charge in [0, 0.05) is 6.08 Å². The lowest BCUT2D eigenvalue weighted by atomic mass is 10.0. The highest BCUT2D eigenvalue weighted by Crippen LogP contribution is 2.25. The average molecular weight is 294 g/mol. The summed E-state index contributed by atoms with van der Waals surface area (Å²) < 4.78 is 29.0. The molecule has 21 heavy (non-hydrogen) atoms. The van der Waals surface area contributed by atoms with Crippen molar-refractivity contribution >= 4 is 12.0 Å². The molecule has 1 aromatic carbocycles. The topological polar surface area (TPSA) is 48.1 Å². The minimum Gasteiger partial charge on any atom is -0.463 e. The largest absolute Gasteiger partial charge is 0.463 e. The number of hydrogen-bond acceptors (Lipinski definition) is 4. The number of epoxide rings is 1. The first-order chi connectivity index (χ1) is 10.1. The second kappa shape index (κ2) is 7.33. The van der Waals surface area contributed by atoms with E-state index >= 15 is 0 Å². The van der Waals surface area contributed by atoms with Gasteiger partial charge in [0.25, 0.3) is 0 Å². The molecule has 2 rings (SSSR count). The van der Waals surface area contributed by atoms with Crippen molar-refractivity contribution in [2.75, 3.05) is 19.8 Å². The fourth-order valence-corrected chi connectivity index (χ4v) is 1.91. The van der Waals surface area contributed by atoms with Crippen LogP contribution in [0.2, 0.25) is 0 Å². The van der Waals surface area contributed by atoms with E-state index in [4.69, 9.17) is 14.2 Å². The zero-order valence-electron chi connectivity index (χ0n) is 12.2. The van der Waals surface area contributed by atoms with Crippen molar-refractivity contribution in [2.24, 2.45) is 0 Å². The molecule has 1 aliphatic heterocycles. The van der Waals surface area contributed by atoms with Gasteiger partial charge in [-0.15, -0.1) is 0 Å². The van der Waals surface area contributed by atoms with Gasteiger partial charge >= 0.3 is 5.97 Å². The van der Waals surface area contributed by atoms with E-state index in [9.17, 15) is 9.18 Å². The van der Waals surface area contributed by atoms with Gasteiger partial charge in [0.05, 0.1) is 25.9 Å². The number of halogens is 1. The standard InChI is InChI=1S/C16H19FO4/c1-3-19-16(18)7-4-12-8-13(17)5-6-15(12)11(2)20-9-14-10-21-14/h4-8,11,14H,3,9-10H2,1-2H3/t11-,14+/m1/s1. The summed E-state index contributed by atoms with van der Waals surface area (Å²) in [5.74, 6) is -0.812. The molecule has 0 spiro atoms. The zero-order valence-corrected chi connectivity index (χ0v) is 12.2. The molecule has 1 aliphatic rings. The van der Waals surface area contributed by atoms with Gasteiger partial charge in [-0.3, -0.25) is 0 Å². The first kappa shape index (κ1) is 15.7. The highest BCUT2D eigenvalue weighted by atomic mass is 19.1. The van der Waals surface area contributed by atoms with Crippen LogP contribution in [0, 0.1) is 5.82 Å². The summed E-state index contributed by atoms with van der Waals surface area (Å²) in [6, 6.07) is 4.42. The molecule has 0 aliphatic carbocycles. The third-order valence-electron chi connectivity index (χ3n) is 3.11. The van der Waals surface area contributed by atoms with Crippen LogP contribution in [0.25, 0.3) is 6.08 Å². The van der Waals surface area contributed by atoms with Crippen molar-refractivity contribution in [1.29, 1.82) is 0 Å². The van der Waals surface area contributed by atoms with Gasteiger partial charge in [0.2, 0.25) is 0 Å². The van der Waals surface area contributed by atoms with Crippen molar-refractivity contribution < 1.29 is 23.4 Å². The molecular formula is C16H19FO4. The molecule has 1 heterocycles. The van der Waals surface area contributed by atoms with Crippen molar-refractivity contribution in [1.82, 2.24) is 0 Å². The molecule has 0 bridgehead atoms. The third-order valence-corrected chi connectivity index (χ3v) is 3.11. The molecule has 5 heteroatoms. The van der Waals surface area contributed by atoms with E-state index in [1.165, 1.54) is 18.2 Å². The predicted molar refractivity (Wildman–Crippen MR) is 76.2 cm³/mol. The van der Waals surface area contributed by atoms with Crippen LogP contribution >= 0.6 is 0 Å². The van der Waals surface area contributed by atoms with E-state index in [1.807, 2.05) is 6.92 Å². The zero-order chi connectivity index (χ0) is 15.2. The number of carbonyl (C=O) groups excluding carboxylic acids is 1. The molecule has 0 amide bonds. The molecule has 0 radical (unpaired) electrons. The molecule has 2 atom stereocenters. The van der Waals surface area contributed by atoms with Crippen LogP contribution < -0.4 is 0 Å². The van der Waals surface area contributed by atoms with Crippen LogP contribution in [-0.4, -0.2) is 31.9 Å². The fraction of sp³-hybridized carbons (Fsp3) is 0.438. The molecule has 0 N–H and O–H groups in total. The van der Waals surface area contributed by atoms with Crippen LogP contribution in [0.3, 0.4) is 0 Å². The fourth-order valence-electron chi connectivity index (χ4n) is 1.91. The Labute approximate surface area is 123 Å². The molecular weight excluding hydrogens is 275 g/mol. The molecule has 1 saturated heterocycles. The van der Waals surface area contributed by atoms with E-state index in [0.717, 1.165) is 12.2 Å². The monoisotopic (exact) mass is 294 g/mol. The minimum atomic E-state index is -0.451. The number of carbonyl (C=O) groups is 1. The SMILES string of the molecule is CCOC(=O)C=Cc1cc(F)ccc1[C@@H](C)OC[C@H]1CO1. The Kier molecular flexibility index (Phi) is 5.47. The molecule has 1 aromatic rings. The molecule has 0 aromatic heterocycles. The minimum absolute atomic E-state index is 0.173. The van der Waals surface area contributed by atoms with E-state index in [1.54, 1.807) is 19.1 Å². The Balaban J connectivity index is 2.09. The Bertz CT molecular complexity index is 523. The number of hydrogen-bond donors (Lipinski definition) is 0. The maximum atomic E-state index is 13.4. The average Bonchev–Trinajstić information content (AvgIpc) is 3.27. The molecule has 4 nitrogen and oxygen atoms in total. The van der Waals surface area contributed by atoms with E-state index in [0.29, 0.717) is 18.8 Å². The summed E-state index contributed by atoms with van der Waals surface area (Å²) in [6.45, 7) is 5.16. The third kappa shape index (κ3) is 4.95. The van der Waals surface area contributed by atoms with Crippen LogP contribution in [-0.2, 0) is 19.0 Å². The lowest BCUT2D eigenvalue weighted by Gasteiger charge is -2.15. The van der Waals surface area contributed by atoms with E-state index < -0.39 is 5.97 Å². The summed E-state index contributed by atoms with van der Waals surface area (Å²) in [5.41, 5.74) is 1.42. The van der Waals surface area contributed by atoms with Crippen LogP contribution in [0.15, 0.2) is 24.3 Å². The normalized spacial score (nSPS) is 18.7. The second-order valence-electron chi connectivity index (χ2n) is 4.79. The van der Waals surface area contributed by atoms with Crippen LogP contribution in [0.4, 0.5) is 4.39 Å². The van der Waals surface area contributed by atoms with Gasteiger partial charge in [0.1, 0.15) is 11.9 Å². The smallest absolute Gasteiger partial charge is 0.330 e. The highest BCUT2D eigenvalue weighted by molar-refractivity contribution is 5.87. The lowest BCUT2D eigenvalue weighted by molar-refractivity contribution is -0.137. The number of ether oxygens (including phenoxy) is 3.